The number of anilines is 3. The highest BCUT2D eigenvalue weighted by Crippen LogP contribution is 2.29. The van der Waals surface area contributed by atoms with Gasteiger partial charge in [-0.2, -0.15) is 4.98 Å². The van der Waals surface area contributed by atoms with E-state index in [1.807, 2.05) is 66.2 Å². The second-order valence-electron chi connectivity index (χ2n) is 6.57. The maximum absolute atomic E-state index is 11.6. The molecule has 0 unspecified atom stereocenters. The molecule has 0 saturated carbocycles. The van der Waals surface area contributed by atoms with Gasteiger partial charge in [0.2, 0.25) is 11.9 Å². The van der Waals surface area contributed by atoms with Gasteiger partial charge in [0.25, 0.3) is 0 Å². The molecule has 8 heteroatoms. The quantitative estimate of drug-likeness (QED) is 0.384. The number of carbonyl (C=O) groups is 1. The molecular weight excluding hydrogens is 414 g/mol. The first-order valence-electron chi connectivity index (χ1n) is 9.65. The van der Waals surface area contributed by atoms with Crippen molar-refractivity contribution >= 4 is 45.7 Å². The van der Waals surface area contributed by atoms with Crippen LogP contribution in [0.25, 0.3) is 16.7 Å². The fourth-order valence-electron chi connectivity index (χ4n) is 3.16. The minimum absolute atomic E-state index is 0.263. The number of benzene rings is 2. The molecule has 2 heterocycles. The van der Waals surface area contributed by atoms with E-state index in [-0.39, 0.29) is 5.91 Å². The molecule has 1 amide bonds. The summed E-state index contributed by atoms with van der Waals surface area (Å²) in [5.74, 6) is 1.38. The van der Waals surface area contributed by atoms with Crippen LogP contribution in [0.15, 0.2) is 73.6 Å². The molecule has 0 atom stereocenters. The molecule has 0 saturated heterocycles. The molecule has 0 aliphatic heterocycles. The summed E-state index contributed by atoms with van der Waals surface area (Å²) < 4.78 is 7.53. The van der Waals surface area contributed by atoms with Crippen molar-refractivity contribution < 1.29 is 9.53 Å². The van der Waals surface area contributed by atoms with Crippen molar-refractivity contribution in [3.8, 4) is 11.6 Å². The van der Waals surface area contributed by atoms with Crippen molar-refractivity contribution in [2.24, 2.45) is 0 Å². The van der Waals surface area contributed by atoms with Gasteiger partial charge in [0, 0.05) is 17.3 Å². The fraction of sp³-hybridized carbons (Fsp3) is 0.0870. The van der Waals surface area contributed by atoms with Gasteiger partial charge < -0.3 is 15.4 Å². The van der Waals surface area contributed by atoms with Gasteiger partial charge in [0.05, 0.1) is 24.0 Å². The van der Waals surface area contributed by atoms with Crippen LogP contribution in [-0.4, -0.2) is 27.0 Å². The Balaban J connectivity index is 1.68. The highest BCUT2D eigenvalue weighted by Gasteiger charge is 2.13. The van der Waals surface area contributed by atoms with Crippen LogP contribution in [0.4, 0.5) is 17.3 Å². The number of ether oxygens (including phenoxy) is 1. The molecule has 0 spiro atoms. The lowest BCUT2D eigenvalue weighted by atomic mass is 10.2. The van der Waals surface area contributed by atoms with Crippen LogP contribution < -0.4 is 15.4 Å². The van der Waals surface area contributed by atoms with E-state index in [1.54, 1.807) is 6.20 Å². The molecule has 2 N–H and O–H groups in total. The summed E-state index contributed by atoms with van der Waals surface area (Å²) in [4.78, 5) is 20.5. The van der Waals surface area contributed by atoms with Crippen LogP contribution in [0.1, 0.15) is 6.92 Å². The maximum atomic E-state index is 11.6. The number of hydrogen-bond donors (Lipinski definition) is 2. The Morgan fingerprint density at radius 3 is 2.90 bits per heavy atom. The number of hydrogen-bond acceptors (Lipinski definition) is 5. The maximum Gasteiger partial charge on any atom is 0.247 e. The molecule has 0 aliphatic rings. The zero-order valence-electron chi connectivity index (χ0n) is 16.8. The number of halogens is 1. The monoisotopic (exact) mass is 433 g/mol. The zero-order valence-corrected chi connectivity index (χ0v) is 17.6. The van der Waals surface area contributed by atoms with Crippen molar-refractivity contribution in [3.05, 3.63) is 78.6 Å². The summed E-state index contributed by atoms with van der Waals surface area (Å²) in [5, 5.41) is 7.28. The summed E-state index contributed by atoms with van der Waals surface area (Å²) in [6.07, 6.45) is 4.66. The first-order chi connectivity index (χ1) is 15.1. The van der Waals surface area contributed by atoms with Crippen LogP contribution >= 0.6 is 11.6 Å². The third kappa shape index (κ3) is 4.36. The van der Waals surface area contributed by atoms with E-state index < -0.39 is 0 Å². The number of aromatic nitrogens is 3. The predicted octanol–water partition coefficient (Wildman–Crippen LogP) is 5.34. The van der Waals surface area contributed by atoms with E-state index in [2.05, 4.69) is 27.2 Å². The Bertz CT molecular complexity index is 1270. The van der Waals surface area contributed by atoms with Gasteiger partial charge in [0.1, 0.15) is 10.8 Å². The molecule has 4 rings (SSSR count). The molecule has 0 bridgehead atoms. The van der Waals surface area contributed by atoms with Gasteiger partial charge in [-0.15, -0.1) is 0 Å². The normalized spacial score (nSPS) is 10.6. The lowest BCUT2D eigenvalue weighted by Gasteiger charge is -2.13. The third-order valence-electron chi connectivity index (χ3n) is 4.53. The van der Waals surface area contributed by atoms with Crippen molar-refractivity contribution in [2.75, 3.05) is 17.2 Å². The number of fused-ring (bicyclic) bond motifs is 1. The second kappa shape index (κ2) is 8.89. The molecule has 0 fully saturated rings. The van der Waals surface area contributed by atoms with Gasteiger partial charge in [-0.3, -0.25) is 9.36 Å². The van der Waals surface area contributed by atoms with Gasteiger partial charge in [-0.05, 0) is 49.4 Å². The smallest absolute Gasteiger partial charge is 0.247 e. The number of rotatable bonds is 7. The minimum atomic E-state index is -0.263. The van der Waals surface area contributed by atoms with Crippen LogP contribution in [0.5, 0.6) is 5.75 Å². The Labute approximate surface area is 184 Å². The van der Waals surface area contributed by atoms with Crippen LogP contribution in [0.3, 0.4) is 0 Å². The number of nitrogens with zero attached hydrogens (tertiary/aromatic N) is 3. The van der Waals surface area contributed by atoms with E-state index in [4.69, 9.17) is 16.3 Å². The van der Waals surface area contributed by atoms with E-state index in [0.717, 1.165) is 16.6 Å². The lowest BCUT2D eigenvalue weighted by Crippen LogP contribution is -2.07. The third-order valence-corrected chi connectivity index (χ3v) is 4.80. The Kier molecular flexibility index (Phi) is 5.86. The Morgan fingerprint density at radius 1 is 1.26 bits per heavy atom. The second-order valence-corrected chi connectivity index (χ2v) is 6.98. The average molecular weight is 434 g/mol. The zero-order chi connectivity index (χ0) is 21.8. The van der Waals surface area contributed by atoms with E-state index in [0.29, 0.717) is 34.8 Å². The van der Waals surface area contributed by atoms with E-state index >= 15 is 0 Å². The number of carbonyl (C=O) groups excluding carboxylic acids is 1. The summed E-state index contributed by atoms with van der Waals surface area (Å²) in [6.45, 7) is 5.95. The first kappa shape index (κ1) is 20.4. The highest BCUT2D eigenvalue weighted by atomic mass is 35.5. The standard InChI is InChI=1S/C23H20ClN5O2/c1-3-21(30)26-16-9-10-19-15(13-16)11-12-29(19)22-17(24)14-25-23(28-22)27-18-7-5-6-8-20(18)31-4-2/h3,5-14H,1,4H2,2H3,(H,26,30)(H,25,27,28). The molecule has 0 aliphatic carbocycles. The van der Waals surface area contributed by atoms with E-state index in [9.17, 15) is 4.79 Å². The summed E-state index contributed by atoms with van der Waals surface area (Å²) >= 11 is 6.42. The van der Waals surface area contributed by atoms with Crippen molar-refractivity contribution in [1.29, 1.82) is 0 Å². The number of para-hydroxylation sites is 2. The fourth-order valence-corrected chi connectivity index (χ4v) is 3.34. The van der Waals surface area contributed by atoms with Gasteiger partial charge >= 0.3 is 0 Å². The van der Waals surface area contributed by atoms with Crippen molar-refractivity contribution in [3.63, 3.8) is 0 Å². The molecule has 31 heavy (non-hydrogen) atoms. The molecule has 7 nitrogen and oxygen atoms in total. The molecule has 4 aromatic rings. The number of amides is 1. The van der Waals surface area contributed by atoms with Gasteiger partial charge in [0.15, 0.2) is 5.82 Å². The topological polar surface area (TPSA) is 81.1 Å². The predicted molar refractivity (Wildman–Crippen MR) is 124 cm³/mol. The van der Waals surface area contributed by atoms with Crippen molar-refractivity contribution in [2.45, 2.75) is 6.92 Å². The average Bonchev–Trinajstić information content (AvgIpc) is 3.19. The molecule has 2 aromatic heterocycles. The van der Waals surface area contributed by atoms with Gasteiger partial charge in [-0.25, -0.2) is 4.98 Å². The van der Waals surface area contributed by atoms with Crippen LogP contribution in [0, 0.1) is 0 Å². The van der Waals surface area contributed by atoms with Crippen molar-refractivity contribution in [1.82, 2.24) is 14.5 Å². The summed E-state index contributed by atoms with van der Waals surface area (Å²) in [5.41, 5.74) is 2.33. The highest BCUT2D eigenvalue weighted by molar-refractivity contribution is 6.32. The molecule has 156 valence electrons. The van der Waals surface area contributed by atoms with Crippen LogP contribution in [-0.2, 0) is 4.79 Å². The number of nitrogens with one attached hydrogen (secondary N) is 2. The summed E-state index contributed by atoms with van der Waals surface area (Å²) in [7, 11) is 0. The summed E-state index contributed by atoms with van der Waals surface area (Å²) in [6, 6.07) is 15.1. The minimum Gasteiger partial charge on any atom is -0.492 e. The van der Waals surface area contributed by atoms with Crippen LogP contribution in [0.2, 0.25) is 5.02 Å². The van der Waals surface area contributed by atoms with Gasteiger partial charge in [-0.1, -0.05) is 30.3 Å². The van der Waals surface area contributed by atoms with E-state index in [1.165, 1.54) is 6.08 Å². The molecule has 2 aromatic carbocycles. The lowest BCUT2D eigenvalue weighted by molar-refractivity contribution is -0.111. The Morgan fingerprint density at radius 2 is 2.10 bits per heavy atom. The Hall–Kier alpha value is -3.84. The molecular formula is C23H20ClN5O2. The SMILES string of the molecule is C=CC(=O)Nc1ccc2c(ccn2-c2nc(Nc3ccccc3OCC)ncc2Cl)c1. The largest absolute Gasteiger partial charge is 0.492 e. The first-order valence-corrected chi connectivity index (χ1v) is 10.0. The molecule has 0 radical (unpaired) electrons.